The third-order valence-electron chi connectivity index (χ3n) is 4.49. The van der Waals surface area contributed by atoms with Gasteiger partial charge in [-0.25, -0.2) is 4.68 Å². The second-order valence-electron chi connectivity index (χ2n) is 9.09. The monoisotopic (exact) mass is 462 g/mol. The van der Waals surface area contributed by atoms with E-state index in [1.54, 1.807) is 6.07 Å². The van der Waals surface area contributed by atoms with Gasteiger partial charge in [0.05, 0.1) is 16.8 Å². The fourth-order valence-electron chi connectivity index (χ4n) is 2.84. The average Bonchev–Trinajstić information content (AvgIpc) is 3.04. The van der Waals surface area contributed by atoms with Crippen molar-refractivity contribution in [3.63, 3.8) is 0 Å². The zero-order valence-corrected chi connectivity index (χ0v) is 19.9. The number of carbonyl (C=O) groups excluding carboxylic acids is 2. The van der Waals surface area contributed by atoms with Gasteiger partial charge in [-0.3, -0.25) is 9.59 Å². The van der Waals surface area contributed by atoms with Crippen molar-refractivity contribution < 1.29 is 9.59 Å². The van der Waals surface area contributed by atoms with Gasteiger partial charge in [-0.15, -0.1) is 0 Å². The summed E-state index contributed by atoms with van der Waals surface area (Å²) in [7, 11) is 0. The van der Waals surface area contributed by atoms with Crippen LogP contribution in [0.5, 0.6) is 0 Å². The number of halogens is 1. The lowest BCUT2D eigenvalue weighted by Crippen LogP contribution is -2.38. The minimum Gasteiger partial charge on any atom is -0.330 e. The molecule has 6 nitrogen and oxygen atoms in total. The van der Waals surface area contributed by atoms with E-state index in [1.807, 2.05) is 56.6 Å². The van der Waals surface area contributed by atoms with Crippen LogP contribution in [0, 0.1) is 0 Å². The number of benzene rings is 1. The molecule has 1 aromatic carbocycles. The number of amides is 2. The summed E-state index contributed by atoms with van der Waals surface area (Å²) in [5.41, 5.74) is 1.01. The van der Waals surface area contributed by atoms with Crippen molar-refractivity contribution in [1.82, 2.24) is 14.7 Å². The molecule has 158 valence electrons. The molecule has 7 heteroatoms. The topological polar surface area (TPSA) is 67.2 Å². The van der Waals surface area contributed by atoms with Gasteiger partial charge in [-0.2, -0.15) is 5.10 Å². The molecule has 0 atom stereocenters. The van der Waals surface area contributed by atoms with E-state index in [-0.39, 0.29) is 29.3 Å². The fraction of sp³-hybridized carbons (Fsp3) is 0.500. The zero-order chi connectivity index (χ0) is 22.0. The molecule has 29 heavy (non-hydrogen) atoms. The van der Waals surface area contributed by atoms with Gasteiger partial charge < -0.3 is 10.2 Å². The highest BCUT2D eigenvalue weighted by Gasteiger charge is 2.26. The summed E-state index contributed by atoms with van der Waals surface area (Å²) < 4.78 is 2.54. The molecule has 0 unspecified atom stereocenters. The average molecular weight is 463 g/mol. The number of nitrogens with zero attached hydrogens (tertiary/aromatic N) is 3. The molecular formula is C22H31BrN4O2. The van der Waals surface area contributed by atoms with Crippen LogP contribution in [0.15, 0.2) is 34.8 Å². The van der Waals surface area contributed by atoms with Crippen molar-refractivity contribution in [3.8, 4) is 0 Å². The summed E-state index contributed by atoms with van der Waals surface area (Å²) in [4.78, 5) is 27.2. The van der Waals surface area contributed by atoms with Crippen LogP contribution in [0.25, 0.3) is 0 Å². The molecule has 0 aliphatic carbocycles. The van der Waals surface area contributed by atoms with Gasteiger partial charge in [0, 0.05) is 22.5 Å². The first-order valence-corrected chi connectivity index (χ1v) is 10.6. The normalized spacial score (nSPS) is 12.0. The van der Waals surface area contributed by atoms with Crippen molar-refractivity contribution in [2.24, 2.45) is 0 Å². The van der Waals surface area contributed by atoms with Gasteiger partial charge in [0.25, 0.3) is 5.91 Å². The summed E-state index contributed by atoms with van der Waals surface area (Å²) in [5.74, 6) is 0.199. The van der Waals surface area contributed by atoms with Gasteiger partial charge in [-0.1, -0.05) is 32.9 Å². The quantitative estimate of drug-likeness (QED) is 0.693. The molecule has 0 aliphatic heterocycles. The van der Waals surface area contributed by atoms with Gasteiger partial charge >= 0.3 is 0 Å². The molecule has 0 aliphatic rings. The zero-order valence-electron chi connectivity index (χ0n) is 18.3. The SMILES string of the molecule is CCN(CC(=O)Nc1cc(C(C)(C)C)nn1C(C)(C)C)C(=O)c1ccccc1Br. The Hall–Kier alpha value is -2.15. The second kappa shape index (κ2) is 8.69. The maximum atomic E-state index is 12.8. The molecule has 0 fully saturated rings. The highest BCUT2D eigenvalue weighted by molar-refractivity contribution is 9.10. The first-order valence-electron chi connectivity index (χ1n) is 9.79. The highest BCUT2D eigenvalue weighted by Crippen LogP contribution is 2.28. The lowest BCUT2D eigenvalue weighted by atomic mass is 9.92. The Labute approximate surface area is 181 Å². The Kier molecular flexibility index (Phi) is 6.93. The maximum absolute atomic E-state index is 12.8. The van der Waals surface area contributed by atoms with E-state index in [2.05, 4.69) is 42.0 Å². The van der Waals surface area contributed by atoms with Crippen molar-refractivity contribution in [2.75, 3.05) is 18.4 Å². The van der Waals surface area contributed by atoms with Crippen LogP contribution >= 0.6 is 15.9 Å². The fourth-order valence-corrected chi connectivity index (χ4v) is 3.29. The Morgan fingerprint density at radius 1 is 1.14 bits per heavy atom. The Morgan fingerprint density at radius 3 is 2.28 bits per heavy atom. The standard InChI is InChI=1S/C22H31BrN4O2/c1-8-26(20(29)15-11-9-10-12-16(15)23)14-19(28)24-18-13-17(21(2,3)4)25-27(18)22(5,6)7/h9-13H,8,14H2,1-7H3,(H,24,28). The molecule has 1 heterocycles. The number of anilines is 1. The van der Waals surface area contributed by atoms with Gasteiger partial charge in [0.1, 0.15) is 12.4 Å². The van der Waals surface area contributed by atoms with Crippen LogP contribution in [0.2, 0.25) is 0 Å². The van der Waals surface area contributed by atoms with E-state index in [0.717, 1.165) is 5.69 Å². The van der Waals surface area contributed by atoms with E-state index in [4.69, 9.17) is 5.10 Å². The van der Waals surface area contributed by atoms with Crippen LogP contribution in [0.1, 0.15) is 64.5 Å². The second-order valence-corrected chi connectivity index (χ2v) is 9.95. The van der Waals surface area contributed by atoms with E-state index in [9.17, 15) is 9.59 Å². The largest absolute Gasteiger partial charge is 0.330 e. The number of aromatic nitrogens is 2. The van der Waals surface area contributed by atoms with Crippen LogP contribution in [-0.4, -0.2) is 39.6 Å². The lowest BCUT2D eigenvalue weighted by Gasteiger charge is -2.24. The van der Waals surface area contributed by atoms with E-state index in [1.165, 1.54) is 4.90 Å². The van der Waals surface area contributed by atoms with Crippen LogP contribution in [0.3, 0.4) is 0 Å². The number of nitrogens with one attached hydrogen (secondary N) is 1. The summed E-state index contributed by atoms with van der Waals surface area (Å²) in [5, 5.41) is 7.67. The first-order chi connectivity index (χ1) is 13.3. The molecule has 2 amide bonds. The number of hydrogen-bond donors (Lipinski definition) is 1. The van der Waals surface area contributed by atoms with E-state index >= 15 is 0 Å². The van der Waals surface area contributed by atoms with Crippen molar-refractivity contribution in [1.29, 1.82) is 0 Å². The summed E-state index contributed by atoms with van der Waals surface area (Å²) in [6, 6.07) is 9.13. The minimum absolute atomic E-state index is 0.0309. The summed E-state index contributed by atoms with van der Waals surface area (Å²) >= 11 is 3.41. The third-order valence-corrected chi connectivity index (χ3v) is 5.18. The molecule has 1 N–H and O–H groups in total. The van der Waals surface area contributed by atoms with E-state index in [0.29, 0.717) is 22.4 Å². The number of rotatable bonds is 5. The Morgan fingerprint density at radius 2 is 1.76 bits per heavy atom. The van der Waals surface area contributed by atoms with Crippen molar-refractivity contribution in [3.05, 3.63) is 46.1 Å². The maximum Gasteiger partial charge on any atom is 0.255 e. The van der Waals surface area contributed by atoms with Crippen LogP contribution in [-0.2, 0) is 15.7 Å². The molecule has 2 aromatic rings. The summed E-state index contributed by atoms with van der Waals surface area (Å²) in [6.07, 6.45) is 0. The van der Waals surface area contributed by atoms with E-state index < -0.39 is 0 Å². The van der Waals surface area contributed by atoms with Crippen molar-refractivity contribution in [2.45, 2.75) is 59.4 Å². The molecular weight excluding hydrogens is 432 g/mol. The predicted molar refractivity (Wildman–Crippen MR) is 120 cm³/mol. The highest BCUT2D eigenvalue weighted by atomic mass is 79.9. The molecule has 0 saturated heterocycles. The minimum atomic E-state index is -0.290. The number of carbonyl (C=O) groups is 2. The lowest BCUT2D eigenvalue weighted by molar-refractivity contribution is -0.116. The molecule has 0 saturated carbocycles. The molecule has 0 bridgehead atoms. The van der Waals surface area contributed by atoms with Crippen molar-refractivity contribution >= 4 is 33.6 Å². The van der Waals surface area contributed by atoms with Crippen LogP contribution in [0.4, 0.5) is 5.82 Å². The van der Waals surface area contributed by atoms with Crippen LogP contribution < -0.4 is 5.32 Å². The molecule has 0 radical (unpaired) electrons. The third kappa shape index (κ3) is 5.69. The Bertz CT molecular complexity index is 891. The first kappa shape index (κ1) is 23.1. The predicted octanol–water partition coefficient (Wildman–Crippen LogP) is 4.80. The molecule has 1 aromatic heterocycles. The number of hydrogen-bond acceptors (Lipinski definition) is 3. The molecule has 0 spiro atoms. The number of likely N-dealkylation sites (N-methyl/N-ethyl adjacent to an activating group) is 1. The van der Waals surface area contributed by atoms with Gasteiger partial charge in [-0.05, 0) is 55.8 Å². The smallest absolute Gasteiger partial charge is 0.255 e. The van der Waals surface area contributed by atoms with Gasteiger partial charge in [0.15, 0.2) is 0 Å². The Balaban J connectivity index is 2.22. The molecule has 2 rings (SSSR count). The summed E-state index contributed by atoms with van der Waals surface area (Å²) in [6.45, 7) is 14.6. The van der Waals surface area contributed by atoms with Gasteiger partial charge in [0.2, 0.25) is 5.91 Å².